The Labute approximate surface area is 145 Å². The van der Waals surface area contributed by atoms with Gasteiger partial charge in [0.1, 0.15) is 16.9 Å². The monoisotopic (exact) mass is 360 g/mol. The molecule has 0 atom stereocenters. The van der Waals surface area contributed by atoms with Crippen molar-refractivity contribution in [1.29, 1.82) is 0 Å². The summed E-state index contributed by atoms with van der Waals surface area (Å²) in [7, 11) is 0. The minimum absolute atomic E-state index is 0.0543. The van der Waals surface area contributed by atoms with E-state index in [0.29, 0.717) is 22.4 Å². The lowest BCUT2D eigenvalue weighted by Crippen LogP contribution is -2.13. The molecule has 3 heterocycles. The van der Waals surface area contributed by atoms with Gasteiger partial charge >= 0.3 is 6.18 Å². The van der Waals surface area contributed by atoms with Gasteiger partial charge in [0, 0.05) is 16.6 Å². The number of fused-ring (bicyclic) bond motifs is 3. The molecule has 132 valence electrons. The molecule has 0 N–H and O–H groups in total. The van der Waals surface area contributed by atoms with E-state index in [9.17, 15) is 17.6 Å². The first-order valence-corrected chi connectivity index (χ1v) is 7.80. The van der Waals surface area contributed by atoms with Crippen LogP contribution in [0.4, 0.5) is 17.6 Å². The van der Waals surface area contributed by atoms with Crippen molar-refractivity contribution in [3.63, 3.8) is 0 Å². The van der Waals surface area contributed by atoms with E-state index in [1.165, 1.54) is 0 Å². The number of benzene rings is 1. The van der Waals surface area contributed by atoms with Crippen LogP contribution in [0.3, 0.4) is 0 Å². The highest BCUT2D eigenvalue weighted by Gasteiger charge is 2.39. The minimum Gasteiger partial charge on any atom is -0.461 e. The third kappa shape index (κ3) is 2.42. The van der Waals surface area contributed by atoms with Crippen LogP contribution >= 0.6 is 0 Å². The second-order valence-electron chi connectivity index (χ2n) is 6.01. The molecule has 7 heteroatoms. The lowest BCUT2D eigenvalue weighted by molar-refractivity contribution is -0.139. The van der Waals surface area contributed by atoms with Gasteiger partial charge in [-0.2, -0.15) is 17.6 Å². The Kier molecular flexibility index (Phi) is 3.50. The summed E-state index contributed by atoms with van der Waals surface area (Å²) in [5.41, 5.74) is -0.875. The van der Waals surface area contributed by atoms with Crippen molar-refractivity contribution in [2.24, 2.45) is 0 Å². The zero-order valence-electron chi connectivity index (χ0n) is 13.8. The maximum absolute atomic E-state index is 14.4. The molecule has 4 aromatic rings. The number of halogens is 4. The van der Waals surface area contributed by atoms with Crippen LogP contribution in [0.1, 0.15) is 17.0 Å². The number of furan rings is 1. The third-order valence-corrected chi connectivity index (χ3v) is 4.21. The molecular formula is C19H12F4N2O. The van der Waals surface area contributed by atoms with Gasteiger partial charge in [-0.05, 0) is 19.9 Å². The SMILES string of the molecule is Cc1cc2c(C)nc3c(C(F)(F)F)c(F)nc(-c4ccccc4)c3c2o1. The molecule has 0 bridgehead atoms. The van der Waals surface area contributed by atoms with Crippen LogP contribution in [0.15, 0.2) is 40.8 Å². The van der Waals surface area contributed by atoms with Crippen LogP contribution < -0.4 is 0 Å². The molecule has 0 amide bonds. The fourth-order valence-electron chi connectivity index (χ4n) is 3.12. The average molecular weight is 360 g/mol. The van der Waals surface area contributed by atoms with E-state index in [0.717, 1.165) is 0 Å². The van der Waals surface area contributed by atoms with Crippen molar-refractivity contribution in [3.8, 4) is 11.3 Å². The van der Waals surface area contributed by atoms with Crippen LogP contribution in [-0.4, -0.2) is 9.97 Å². The molecule has 0 unspecified atom stereocenters. The van der Waals surface area contributed by atoms with Crippen LogP contribution in [0.25, 0.3) is 33.1 Å². The third-order valence-electron chi connectivity index (χ3n) is 4.21. The summed E-state index contributed by atoms with van der Waals surface area (Å²) in [6, 6.07) is 10.1. The van der Waals surface area contributed by atoms with Gasteiger partial charge in [-0.15, -0.1) is 0 Å². The Hall–Kier alpha value is -2.96. The first-order valence-electron chi connectivity index (χ1n) is 7.80. The number of alkyl halides is 3. The molecule has 0 spiro atoms. The first-order chi connectivity index (χ1) is 12.3. The highest BCUT2D eigenvalue weighted by molar-refractivity contribution is 6.10. The highest BCUT2D eigenvalue weighted by Crippen LogP contribution is 2.42. The minimum atomic E-state index is -4.93. The standard InChI is InChI=1S/C19H12F4N2O/c1-9-8-12-10(2)24-16-13(17(12)26-9)15(11-6-4-3-5-7-11)25-18(20)14(16)19(21,22)23/h3-8H,1-2H3. The highest BCUT2D eigenvalue weighted by atomic mass is 19.4. The number of nitrogens with zero attached hydrogens (tertiary/aromatic N) is 2. The number of hydrogen-bond donors (Lipinski definition) is 0. The van der Waals surface area contributed by atoms with Crippen LogP contribution in [0, 0.1) is 19.8 Å². The van der Waals surface area contributed by atoms with Crippen LogP contribution in [0.5, 0.6) is 0 Å². The van der Waals surface area contributed by atoms with E-state index >= 15 is 0 Å². The van der Waals surface area contributed by atoms with Gasteiger partial charge in [0.05, 0.1) is 16.6 Å². The molecule has 0 saturated heterocycles. The van der Waals surface area contributed by atoms with Crippen molar-refractivity contribution in [2.45, 2.75) is 20.0 Å². The van der Waals surface area contributed by atoms with Crippen LogP contribution in [-0.2, 0) is 6.18 Å². The molecule has 4 rings (SSSR count). The van der Waals surface area contributed by atoms with Crippen molar-refractivity contribution in [3.05, 3.63) is 59.4 Å². The molecule has 0 radical (unpaired) electrons. The summed E-state index contributed by atoms with van der Waals surface area (Å²) in [5, 5.41) is 0.632. The summed E-state index contributed by atoms with van der Waals surface area (Å²) >= 11 is 0. The molecule has 3 aromatic heterocycles. The summed E-state index contributed by atoms with van der Waals surface area (Å²) in [6.45, 7) is 3.26. The second kappa shape index (κ2) is 5.52. The molecule has 0 saturated carbocycles. The number of pyridine rings is 2. The quantitative estimate of drug-likeness (QED) is 0.317. The largest absolute Gasteiger partial charge is 0.461 e. The van der Waals surface area contributed by atoms with Gasteiger partial charge in [-0.25, -0.2) is 4.98 Å². The predicted octanol–water partition coefficient (Wildman–Crippen LogP) is 5.82. The van der Waals surface area contributed by atoms with Crippen LogP contribution in [0.2, 0.25) is 0 Å². The molecule has 26 heavy (non-hydrogen) atoms. The van der Waals surface area contributed by atoms with Gasteiger partial charge in [0.15, 0.2) is 0 Å². The Morgan fingerprint density at radius 3 is 2.35 bits per heavy atom. The average Bonchev–Trinajstić information content (AvgIpc) is 2.96. The van der Waals surface area contributed by atoms with E-state index in [1.54, 1.807) is 50.2 Å². The molecule has 0 aliphatic heterocycles. The van der Waals surface area contributed by atoms with Crippen molar-refractivity contribution in [1.82, 2.24) is 9.97 Å². The zero-order valence-corrected chi connectivity index (χ0v) is 13.8. The van der Waals surface area contributed by atoms with E-state index in [2.05, 4.69) is 9.97 Å². The Morgan fingerprint density at radius 1 is 1.00 bits per heavy atom. The molecule has 1 aromatic carbocycles. The summed E-state index contributed by atoms with van der Waals surface area (Å²) < 4.78 is 60.6. The summed E-state index contributed by atoms with van der Waals surface area (Å²) in [4.78, 5) is 7.71. The number of aromatic nitrogens is 2. The van der Waals surface area contributed by atoms with Crippen molar-refractivity contribution >= 4 is 21.9 Å². The number of aryl methyl sites for hydroxylation is 2. The smallest absolute Gasteiger partial charge is 0.422 e. The first kappa shape index (κ1) is 16.5. The predicted molar refractivity (Wildman–Crippen MR) is 89.2 cm³/mol. The fourth-order valence-corrected chi connectivity index (χ4v) is 3.12. The molecule has 0 fully saturated rings. The van der Waals surface area contributed by atoms with Crippen molar-refractivity contribution in [2.75, 3.05) is 0 Å². The van der Waals surface area contributed by atoms with Gasteiger partial charge in [0.25, 0.3) is 0 Å². The molecule has 3 nitrogen and oxygen atoms in total. The molecular weight excluding hydrogens is 348 g/mol. The normalized spacial score (nSPS) is 12.2. The van der Waals surface area contributed by atoms with Gasteiger partial charge in [-0.3, -0.25) is 4.98 Å². The topological polar surface area (TPSA) is 38.9 Å². The maximum Gasteiger partial charge on any atom is 0.422 e. The second-order valence-corrected chi connectivity index (χ2v) is 6.01. The molecule has 0 aliphatic carbocycles. The Balaban J connectivity index is 2.28. The zero-order chi connectivity index (χ0) is 18.6. The van der Waals surface area contributed by atoms with Gasteiger partial charge in [-0.1, -0.05) is 30.3 Å². The van der Waals surface area contributed by atoms with E-state index in [4.69, 9.17) is 4.42 Å². The van der Waals surface area contributed by atoms with Gasteiger partial charge < -0.3 is 4.42 Å². The van der Waals surface area contributed by atoms with E-state index in [1.807, 2.05) is 0 Å². The lowest BCUT2D eigenvalue weighted by atomic mass is 10.0. The lowest BCUT2D eigenvalue weighted by Gasteiger charge is -2.14. The van der Waals surface area contributed by atoms with E-state index < -0.39 is 23.2 Å². The fraction of sp³-hybridized carbons (Fsp3) is 0.158. The summed E-state index contributed by atoms with van der Waals surface area (Å²) in [6.07, 6.45) is -4.93. The molecule has 0 aliphatic rings. The number of rotatable bonds is 1. The summed E-state index contributed by atoms with van der Waals surface area (Å²) in [5.74, 6) is -1.08. The van der Waals surface area contributed by atoms with Crippen molar-refractivity contribution < 1.29 is 22.0 Å². The Morgan fingerprint density at radius 2 is 1.69 bits per heavy atom. The van der Waals surface area contributed by atoms with E-state index in [-0.39, 0.29) is 16.7 Å². The van der Waals surface area contributed by atoms with Gasteiger partial charge in [0.2, 0.25) is 5.95 Å². The number of hydrogen-bond acceptors (Lipinski definition) is 3. The Bertz CT molecular complexity index is 1150. The maximum atomic E-state index is 14.4.